The number of rotatable bonds is 3. The van der Waals surface area contributed by atoms with Gasteiger partial charge in [0.1, 0.15) is 17.2 Å². The van der Waals surface area contributed by atoms with Crippen LogP contribution in [0.1, 0.15) is 0 Å². The molecule has 0 saturated carbocycles. The molecule has 0 saturated heterocycles. The summed E-state index contributed by atoms with van der Waals surface area (Å²) in [5, 5.41) is 0. The van der Waals surface area contributed by atoms with E-state index in [1.807, 2.05) is 18.2 Å². The first-order valence-corrected chi connectivity index (χ1v) is 4.52. The zero-order chi connectivity index (χ0) is 10.5. The summed E-state index contributed by atoms with van der Waals surface area (Å²) in [5.41, 5.74) is 0. The Kier molecular flexibility index (Phi) is 2.83. The lowest BCUT2D eigenvalue weighted by Crippen LogP contribution is -1.87. The van der Waals surface area contributed by atoms with Crippen LogP contribution in [0.3, 0.4) is 0 Å². The van der Waals surface area contributed by atoms with Gasteiger partial charge in [0.15, 0.2) is 0 Å². The summed E-state index contributed by atoms with van der Waals surface area (Å²) < 4.78 is 10.6. The molecule has 0 bridgehead atoms. The Hall–Kier alpha value is -2.03. The number of pyridine rings is 1. The molecule has 3 nitrogen and oxygen atoms in total. The summed E-state index contributed by atoms with van der Waals surface area (Å²) >= 11 is 0. The summed E-state index contributed by atoms with van der Waals surface area (Å²) in [7, 11) is 1.60. The summed E-state index contributed by atoms with van der Waals surface area (Å²) in [6.45, 7) is 0. The Bertz CT molecular complexity index is 429. The van der Waals surface area contributed by atoms with Crippen molar-refractivity contribution in [1.29, 1.82) is 0 Å². The Morgan fingerprint density at radius 2 is 2.20 bits per heavy atom. The van der Waals surface area contributed by atoms with E-state index in [-0.39, 0.29) is 0 Å². The van der Waals surface area contributed by atoms with Crippen molar-refractivity contribution in [2.45, 2.75) is 0 Å². The minimum absolute atomic E-state index is 0.649. The molecule has 3 heteroatoms. The van der Waals surface area contributed by atoms with E-state index in [0.717, 1.165) is 0 Å². The second kappa shape index (κ2) is 4.46. The smallest absolute Gasteiger partial charge is 0.145 e. The SMILES string of the molecule is COc1[c]ccc(Oc2cccnc2)c1. The van der Waals surface area contributed by atoms with Gasteiger partial charge >= 0.3 is 0 Å². The molecule has 0 aliphatic heterocycles. The van der Waals surface area contributed by atoms with Gasteiger partial charge < -0.3 is 9.47 Å². The van der Waals surface area contributed by atoms with Crippen LogP contribution < -0.4 is 9.47 Å². The molecule has 0 aliphatic rings. The first-order valence-electron chi connectivity index (χ1n) is 4.52. The molecule has 0 fully saturated rings. The Labute approximate surface area is 88.3 Å². The van der Waals surface area contributed by atoms with E-state index in [2.05, 4.69) is 11.1 Å². The molecule has 0 unspecified atom stereocenters. The van der Waals surface area contributed by atoms with Crippen LogP contribution >= 0.6 is 0 Å². The van der Waals surface area contributed by atoms with Gasteiger partial charge in [0.2, 0.25) is 0 Å². The fourth-order valence-electron chi connectivity index (χ4n) is 1.15. The number of ether oxygens (including phenoxy) is 2. The number of benzene rings is 1. The van der Waals surface area contributed by atoms with Crippen molar-refractivity contribution in [3.05, 3.63) is 48.8 Å². The van der Waals surface area contributed by atoms with Crippen molar-refractivity contribution >= 4 is 0 Å². The monoisotopic (exact) mass is 200 g/mol. The molecule has 2 aromatic rings. The lowest BCUT2D eigenvalue weighted by atomic mass is 10.3. The molecule has 1 heterocycles. The average molecular weight is 200 g/mol. The normalized spacial score (nSPS) is 9.67. The van der Waals surface area contributed by atoms with Crippen LogP contribution in [-0.2, 0) is 0 Å². The second-order valence-corrected chi connectivity index (χ2v) is 2.88. The van der Waals surface area contributed by atoms with Gasteiger partial charge in [0, 0.05) is 18.3 Å². The average Bonchev–Trinajstić information content (AvgIpc) is 2.31. The summed E-state index contributed by atoms with van der Waals surface area (Å²) in [5.74, 6) is 2.06. The summed E-state index contributed by atoms with van der Waals surface area (Å²) in [4.78, 5) is 3.96. The highest BCUT2D eigenvalue weighted by Crippen LogP contribution is 2.23. The van der Waals surface area contributed by atoms with Gasteiger partial charge in [-0.15, -0.1) is 0 Å². The molecule has 75 valence electrons. The van der Waals surface area contributed by atoms with Crippen molar-refractivity contribution in [2.75, 3.05) is 7.11 Å². The lowest BCUT2D eigenvalue weighted by Gasteiger charge is -2.05. The zero-order valence-corrected chi connectivity index (χ0v) is 8.31. The summed E-state index contributed by atoms with van der Waals surface area (Å²) in [6, 6.07) is 11.9. The van der Waals surface area contributed by atoms with Crippen molar-refractivity contribution in [3.8, 4) is 17.2 Å². The zero-order valence-electron chi connectivity index (χ0n) is 8.31. The van der Waals surface area contributed by atoms with E-state index in [9.17, 15) is 0 Å². The van der Waals surface area contributed by atoms with E-state index in [0.29, 0.717) is 17.2 Å². The molecule has 0 atom stereocenters. The number of nitrogens with zero attached hydrogens (tertiary/aromatic N) is 1. The van der Waals surface area contributed by atoms with Gasteiger partial charge in [-0.25, -0.2) is 0 Å². The molecule has 0 amide bonds. The van der Waals surface area contributed by atoms with Gasteiger partial charge in [-0.3, -0.25) is 4.98 Å². The largest absolute Gasteiger partial charge is 0.496 e. The Morgan fingerprint density at radius 3 is 2.93 bits per heavy atom. The fraction of sp³-hybridized carbons (Fsp3) is 0.0833. The van der Waals surface area contributed by atoms with Crippen molar-refractivity contribution in [2.24, 2.45) is 0 Å². The van der Waals surface area contributed by atoms with Crippen LogP contribution in [0.5, 0.6) is 17.2 Å². The Balaban J connectivity index is 2.17. The van der Waals surface area contributed by atoms with Crippen LogP contribution in [0.25, 0.3) is 0 Å². The maximum Gasteiger partial charge on any atom is 0.145 e. The van der Waals surface area contributed by atoms with Crippen molar-refractivity contribution in [3.63, 3.8) is 0 Å². The predicted octanol–water partition coefficient (Wildman–Crippen LogP) is 2.68. The second-order valence-electron chi connectivity index (χ2n) is 2.88. The maximum atomic E-state index is 5.56. The van der Waals surface area contributed by atoms with Gasteiger partial charge in [0.05, 0.1) is 13.3 Å². The van der Waals surface area contributed by atoms with Crippen LogP contribution in [0.2, 0.25) is 0 Å². The van der Waals surface area contributed by atoms with Crippen LogP contribution in [-0.4, -0.2) is 12.1 Å². The molecule has 15 heavy (non-hydrogen) atoms. The standard InChI is InChI=1S/C12H10NO2/c1-14-10-4-2-5-11(8-10)15-12-6-3-7-13-9-12/h2-3,5-9H,1H3. The molecule has 1 radical (unpaired) electrons. The molecule has 1 aromatic carbocycles. The van der Waals surface area contributed by atoms with E-state index >= 15 is 0 Å². The minimum Gasteiger partial charge on any atom is -0.496 e. The maximum absolute atomic E-state index is 5.56. The van der Waals surface area contributed by atoms with Crippen LogP contribution in [0, 0.1) is 6.07 Å². The minimum atomic E-state index is 0.649. The highest BCUT2D eigenvalue weighted by Gasteiger charge is 1.98. The topological polar surface area (TPSA) is 31.4 Å². The predicted molar refractivity (Wildman–Crippen MR) is 56.1 cm³/mol. The fourth-order valence-corrected chi connectivity index (χ4v) is 1.15. The van der Waals surface area contributed by atoms with Crippen molar-refractivity contribution in [1.82, 2.24) is 4.98 Å². The molecule has 0 N–H and O–H groups in total. The van der Waals surface area contributed by atoms with Crippen LogP contribution in [0.4, 0.5) is 0 Å². The van der Waals surface area contributed by atoms with Gasteiger partial charge in [-0.2, -0.15) is 0 Å². The molecular formula is C12H10NO2. The third-order valence-electron chi connectivity index (χ3n) is 1.84. The van der Waals surface area contributed by atoms with Gasteiger partial charge in [-0.1, -0.05) is 0 Å². The number of hydrogen-bond donors (Lipinski definition) is 0. The number of aromatic nitrogens is 1. The molecule has 2 rings (SSSR count). The van der Waals surface area contributed by atoms with Crippen molar-refractivity contribution < 1.29 is 9.47 Å². The molecule has 1 aromatic heterocycles. The summed E-state index contributed by atoms with van der Waals surface area (Å²) in [6.07, 6.45) is 3.36. The number of methoxy groups -OCH3 is 1. The first kappa shape index (κ1) is 9.52. The molecule has 0 spiro atoms. The lowest BCUT2D eigenvalue weighted by molar-refractivity contribution is 0.408. The number of hydrogen-bond acceptors (Lipinski definition) is 3. The van der Waals surface area contributed by atoms with Gasteiger partial charge in [0.25, 0.3) is 0 Å². The highest BCUT2D eigenvalue weighted by molar-refractivity contribution is 5.35. The Morgan fingerprint density at radius 1 is 1.27 bits per heavy atom. The van der Waals surface area contributed by atoms with E-state index < -0.39 is 0 Å². The van der Waals surface area contributed by atoms with Crippen LogP contribution in [0.15, 0.2) is 42.7 Å². The molecular weight excluding hydrogens is 190 g/mol. The third kappa shape index (κ3) is 2.47. The third-order valence-corrected chi connectivity index (χ3v) is 1.84. The highest BCUT2D eigenvalue weighted by atomic mass is 16.5. The van der Waals surface area contributed by atoms with E-state index in [1.165, 1.54) is 0 Å². The van der Waals surface area contributed by atoms with Gasteiger partial charge in [-0.05, 0) is 24.3 Å². The quantitative estimate of drug-likeness (QED) is 0.763. The van der Waals surface area contributed by atoms with E-state index in [4.69, 9.17) is 9.47 Å². The molecule has 0 aliphatic carbocycles. The first-order chi connectivity index (χ1) is 7.38. The van der Waals surface area contributed by atoms with E-state index in [1.54, 1.807) is 31.6 Å².